The van der Waals surface area contributed by atoms with E-state index in [1.807, 2.05) is 36.4 Å². The first-order chi connectivity index (χ1) is 14.1. The average Bonchev–Trinajstić information content (AvgIpc) is 3.50. The molecule has 0 bridgehead atoms. The third-order valence-electron chi connectivity index (χ3n) is 5.44. The van der Waals surface area contributed by atoms with Gasteiger partial charge < -0.3 is 9.88 Å². The first-order valence-corrected chi connectivity index (χ1v) is 11.0. The second kappa shape index (κ2) is 9.19. The van der Waals surface area contributed by atoms with Crippen LogP contribution >= 0.6 is 23.2 Å². The minimum absolute atomic E-state index is 0.225. The van der Waals surface area contributed by atoms with Crippen LogP contribution in [0.3, 0.4) is 0 Å². The summed E-state index contributed by atoms with van der Waals surface area (Å²) in [5.74, 6) is 1.55. The summed E-state index contributed by atoms with van der Waals surface area (Å²) in [6.45, 7) is 1.37. The minimum Gasteiger partial charge on any atom is -0.356 e. The van der Waals surface area contributed by atoms with Crippen molar-refractivity contribution in [2.45, 2.75) is 45.1 Å². The molecule has 3 aromatic rings. The Morgan fingerprint density at radius 3 is 2.55 bits per heavy atom. The fourth-order valence-electron chi connectivity index (χ4n) is 3.62. The lowest BCUT2D eigenvalue weighted by Gasteiger charge is -2.12. The smallest absolute Gasteiger partial charge is 0.223 e. The molecule has 0 atom stereocenters. The zero-order chi connectivity index (χ0) is 20.2. The topological polar surface area (TPSA) is 46.9 Å². The van der Waals surface area contributed by atoms with E-state index in [4.69, 9.17) is 28.2 Å². The molecule has 6 heteroatoms. The lowest BCUT2D eigenvalue weighted by atomic mass is 10.1. The molecular weight excluding hydrogens is 405 g/mol. The highest BCUT2D eigenvalue weighted by Crippen LogP contribution is 2.29. The number of nitrogens with zero attached hydrogens (tertiary/aromatic N) is 2. The monoisotopic (exact) mass is 429 g/mol. The number of amides is 1. The SMILES string of the molecule is O=C(NCCCCCc1nc2ccccc2n1Cc1c(Cl)cccc1Cl)C1CC1. The summed E-state index contributed by atoms with van der Waals surface area (Å²) in [6.07, 6.45) is 6.07. The Morgan fingerprint density at radius 1 is 1.03 bits per heavy atom. The number of aryl methyl sites for hydroxylation is 1. The van der Waals surface area contributed by atoms with Gasteiger partial charge in [0.05, 0.1) is 17.6 Å². The maximum atomic E-state index is 11.7. The molecule has 2 aromatic carbocycles. The zero-order valence-corrected chi connectivity index (χ0v) is 17.8. The highest BCUT2D eigenvalue weighted by atomic mass is 35.5. The Bertz CT molecular complexity index is 990. The predicted octanol–water partition coefficient (Wildman–Crippen LogP) is 5.63. The summed E-state index contributed by atoms with van der Waals surface area (Å²) in [5.41, 5.74) is 3.00. The number of unbranched alkanes of at least 4 members (excludes halogenated alkanes) is 2. The summed E-state index contributed by atoms with van der Waals surface area (Å²) in [4.78, 5) is 16.5. The van der Waals surface area contributed by atoms with E-state index < -0.39 is 0 Å². The van der Waals surface area contributed by atoms with E-state index in [-0.39, 0.29) is 11.8 Å². The number of carbonyl (C=O) groups is 1. The molecule has 1 aromatic heterocycles. The van der Waals surface area contributed by atoms with E-state index in [1.165, 1.54) is 0 Å². The van der Waals surface area contributed by atoms with E-state index in [1.54, 1.807) is 0 Å². The number of fused-ring (bicyclic) bond motifs is 1. The van der Waals surface area contributed by atoms with Crippen LogP contribution in [0.1, 0.15) is 43.5 Å². The molecule has 1 aliphatic carbocycles. The number of para-hydroxylation sites is 2. The molecule has 1 amide bonds. The second-order valence-electron chi connectivity index (χ2n) is 7.68. The molecule has 0 unspecified atom stereocenters. The number of hydrogen-bond acceptors (Lipinski definition) is 2. The summed E-state index contributed by atoms with van der Waals surface area (Å²) >= 11 is 12.8. The van der Waals surface area contributed by atoms with Gasteiger partial charge in [0.1, 0.15) is 5.82 Å². The highest BCUT2D eigenvalue weighted by Gasteiger charge is 2.28. The fraction of sp³-hybridized carbons (Fsp3) is 0.391. The molecule has 1 fully saturated rings. The summed E-state index contributed by atoms with van der Waals surface area (Å²) in [6, 6.07) is 13.8. The lowest BCUT2D eigenvalue weighted by Crippen LogP contribution is -2.25. The zero-order valence-electron chi connectivity index (χ0n) is 16.3. The number of rotatable bonds is 9. The second-order valence-corrected chi connectivity index (χ2v) is 8.49. The van der Waals surface area contributed by atoms with Crippen LogP contribution in [-0.4, -0.2) is 22.0 Å². The van der Waals surface area contributed by atoms with Gasteiger partial charge in [0.15, 0.2) is 0 Å². The normalized spacial score (nSPS) is 13.7. The van der Waals surface area contributed by atoms with E-state index in [2.05, 4.69) is 16.0 Å². The summed E-state index contributed by atoms with van der Waals surface area (Å²) in [5, 5.41) is 4.38. The van der Waals surface area contributed by atoms with Crippen molar-refractivity contribution in [2.24, 2.45) is 5.92 Å². The van der Waals surface area contributed by atoms with E-state index in [9.17, 15) is 4.79 Å². The van der Waals surface area contributed by atoms with E-state index in [0.29, 0.717) is 16.6 Å². The molecule has 4 rings (SSSR count). The van der Waals surface area contributed by atoms with E-state index in [0.717, 1.165) is 67.5 Å². The van der Waals surface area contributed by atoms with Gasteiger partial charge in [0.25, 0.3) is 0 Å². The molecular formula is C23H25Cl2N3O. The fourth-order valence-corrected chi connectivity index (χ4v) is 4.14. The van der Waals surface area contributed by atoms with Crippen LogP contribution in [0.25, 0.3) is 11.0 Å². The van der Waals surface area contributed by atoms with Crippen LogP contribution in [0.15, 0.2) is 42.5 Å². The highest BCUT2D eigenvalue weighted by molar-refractivity contribution is 6.36. The van der Waals surface area contributed by atoms with Gasteiger partial charge in [0, 0.05) is 34.5 Å². The van der Waals surface area contributed by atoms with Gasteiger partial charge in [-0.05, 0) is 49.9 Å². The quantitative estimate of drug-likeness (QED) is 0.447. The van der Waals surface area contributed by atoms with Gasteiger partial charge >= 0.3 is 0 Å². The molecule has 29 heavy (non-hydrogen) atoms. The molecule has 0 spiro atoms. The Balaban J connectivity index is 1.42. The minimum atomic E-state index is 0.225. The Hall–Kier alpha value is -2.04. The summed E-state index contributed by atoms with van der Waals surface area (Å²) in [7, 11) is 0. The van der Waals surface area contributed by atoms with Crippen LogP contribution in [-0.2, 0) is 17.8 Å². The molecule has 1 saturated carbocycles. The molecule has 0 aliphatic heterocycles. The molecule has 152 valence electrons. The Morgan fingerprint density at radius 2 is 1.79 bits per heavy atom. The predicted molar refractivity (Wildman–Crippen MR) is 119 cm³/mol. The molecule has 1 heterocycles. The molecule has 0 radical (unpaired) electrons. The van der Waals surface area contributed by atoms with Crippen molar-refractivity contribution in [2.75, 3.05) is 6.54 Å². The van der Waals surface area contributed by atoms with Gasteiger partial charge in [-0.25, -0.2) is 4.98 Å². The van der Waals surface area contributed by atoms with Crippen molar-refractivity contribution in [3.8, 4) is 0 Å². The number of imidazole rings is 1. The van der Waals surface area contributed by atoms with Gasteiger partial charge in [-0.1, -0.05) is 47.8 Å². The molecule has 1 aliphatic rings. The standard InChI is InChI=1S/C23H25Cl2N3O/c24-18-7-6-8-19(25)17(18)15-28-21-10-4-3-9-20(21)27-22(28)11-2-1-5-14-26-23(29)16-12-13-16/h3-4,6-10,16H,1-2,5,11-15H2,(H,26,29). The van der Waals surface area contributed by atoms with Gasteiger partial charge in [-0.3, -0.25) is 4.79 Å². The first kappa shape index (κ1) is 20.2. The number of benzene rings is 2. The van der Waals surface area contributed by atoms with Gasteiger partial charge in [-0.15, -0.1) is 0 Å². The number of hydrogen-bond donors (Lipinski definition) is 1. The maximum Gasteiger partial charge on any atom is 0.223 e. The van der Waals surface area contributed by atoms with Crippen LogP contribution in [0.4, 0.5) is 0 Å². The first-order valence-electron chi connectivity index (χ1n) is 10.3. The number of halogens is 2. The molecule has 0 saturated heterocycles. The molecule has 4 nitrogen and oxygen atoms in total. The van der Waals surface area contributed by atoms with Crippen molar-refractivity contribution in [3.05, 3.63) is 63.9 Å². The van der Waals surface area contributed by atoms with E-state index >= 15 is 0 Å². The van der Waals surface area contributed by atoms with Crippen molar-refractivity contribution in [1.82, 2.24) is 14.9 Å². The van der Waals surface area contributed by atoms with Crippen molar-refractivity contribution >= 4 is 40.1 Å². The molecule has 1 N–H and O–H groups in total. The average molecular weight is 430 g/mol. The van der Waals surface area contributed by atoms with Crippen LogP contribution in [0.2, 0.25) is 10.0 Å². The van der Waals surface area contributed by atoms with Crippen LogP contribution in [0, 0.1) is 5.92 Å². The van der Waals surface area contributed by atoms with Crippen molar-refractivity contribution < 1.29 is 4.79 Å². The van der Waals surface area contributed by atoms with Gasteiger partial charge in [0.2, 0.25) is 5.91 Å². The lowest BCUT2D eigenvalue weighted by molar-refractivity contribution is -0.122. The van der Waals surface area contributed by atoms with Gasteiger partial charge in [-0.2, -0.15) is 0 Å². The Labute approximate surface area is 181 Å². The Kier molecular flexibility index (Phi) is 6.41. The van der Waals surface area contributed by atoms with Crippen LogP contribution in [0.5, 0.6) is 0 Å². The number of carbonyl (C=O) groups excluding carboxylic acids is 1. The third-order valence-corrected chi connectivity index (χ3v) is 6.14. The summed E-state index contributed by atoms with van der Waals surface area (Å²) < 4.78 is 2.22. The van der Waals surface area contributed by atoms with Crippen molar-refractivity contribution in [3.63, 3.8) is 0 Å². The van der Waals surface area contributed by atoms with Crippen LogP contribution < -0.4 is 5.32 Å². The largest absolute Gasteiger partial charge is 0.356 e. The van der Waals surface area contributed by atoms with Crippen molar-refractivity contribution in [1.29, 1.82) is 0 Å². The third kappa shape index (κ3) is 4.93. The maximum absolute atomic E-state index is 11.7. The number of aromatic nitrogens is 2. The number of nitrogens with one attached hydrogen (secondary N) is 1.